The lowest BCUT2D eigenvalue weighted by Crippen LogP contribution is -1.92. The molecule has 2 nitrogen and oxygen atoms in total. The third-order valence-electron chi connectivity index (χ3n) is 1.50. The van der Waals surface area contributed by atoms with Crippen LogP contribution in [0.1, 0.15) is 18.5 Å². The van der Waals surface area contributed by atoms with Gasteiger partial charge in [-0.1, -0.05) is 0 Å². The summed E-state index contributed by atoms with van der Waals surface area (Å²) in [6, 6.07) is 1.80. The van der Waals surface area contributed by atoms with Crippen molar-refractivity contribution in [3.05, 3.63) is 23.2 Å². The van der Waals surface area contributed by atoms with Crippen LogP contribution in [0.25, 0.3) is 0 Å². The van der Waals surface area contributed by atoms with Crippen molar-refractivity contribution in [1.29, 1.82) is 0 Å². The van der Waals surface area contributed by atoms with E-state index in [0.29, 0.717) is 6.42 Å². The van der Waals surface area contributed by atoms with E-state index in [1.165, 1.54) is 0 Å². The van der Waals surface area contributed by atoms with E-state index in [4.69, 9.17) is 11.6 Å². The molecule has 0 radical (unpaired) electrons. The molecule has 12 heavy (non-hydrogen) atoms. The van der Waals surface area contributed by atoms with Crippen LogP contribution in [0.4, 0.5) is 4.39 Å². The van der Waals surface area contributed by atoms with Gasteiger partial charge in [-0.05, 0) is 36.9 Å². The van der Waals surface area contributed by atoms with Gasteiger partial charge in [0.05, 0.1) is 6.67 Å². The number of rotatable bonds is 4. The van der Waals surface area contributed by atoms with Gasteiger partial charge in [-0.25, -0.2) is 9.97 Å². The predicted octanol–water partition coefficient (Wildman–Crippen LogP) is 2.42. The van der Waals surface area contributed by atoms with Crippen LogP contribution in [0, 0.1) is 0 Å². The maximum atomic E-state index is 11.7. The second-order valence-corrected chi connectivity index (χ2v) is 2.80. The Balaban J connectivity index is 2.41. The van der Waals surface area contributed by atoms with Gasteiger partial charge in [0.15, 0.2) is 0 Å². The first-order valence-corrected chi connectivity index (χ1v) is 4.24. The van der Waals surface area contributed by atoms with Gasteiger partial charge in [-0.3, -0.25) is 4.39 Å². The van der Waals surface area contributed by atoms with Gasteiger partial charge in [0.1, 0.15) is 0 Å². The smallest absolute Gasteiger partial charge is 0.222 e. The van der Waals surface area contributed by atoms with Crippen molar-refractivity contribution >= 4 is 11.6 Å². The minimum absolute atomic E-state index is 0.257. The van der Waals surface area contributed by atoms with Crippen molar-refractivity contribution in [3.8, 4) is 0 Å². The fraction of sp³-hybridized carbons (Fsp3) is 0.500. The maximum absolute atomic E-state index is 11.7. The summed E-state index contributed by atoms with van der Waals surface area (Å²) in [5, 5.41) is 0.257. The first kappa shape index (κ1) is 9.39. The Labute approximate surface area is 75.8 Å². The number of hydrogen-bond donors (Lipinski definition) is 0. The van der Waals surface area contributed by atoms with Gasteiger partial charge in [0, 0.05) is 11.9 Å². The van der Waals surface area contributed by atoms with Crippen LogP contribution in [-0.2, 0) is 6.42 Å². The molecule has 0 bridgehead atoms. The van der Waals surface area contributed by atoms with Crippen LogP contribution < -0.4 is 0 Å². The first-order chi connectivity index (χ1) is 5.83. The lowest BCUT2D eigenvalue weighted by molar-refractivity contribution is 0.461. The number of aryl methyl sites for hydroxylation is 1. The van der Waals surface area contributed by atoms with Gasteiger partial charge in [0.25, 0.3) is 0 Å². The van der Waals surface area contributed by atoms with E-state index >= 15 is 0 Å². The number of halogens is 2. The van der Waals surface area contributed by atoms with E-state index in [9.17, 15) is 4.39 Å². The normalized spacial score (nSPS) is 10.2. The highest BCUT2D eigenvalue weighted by Crippen LogP contribution is 2.04. The SMILES string of the molecule is FCCCCc1ccnc(Cl)n1. The van der Waals surface area contributed by atoms with Gasteiger partial charge in [0.2, 0.25) is 5.28 Å². The van der Waals surface area contributed by atoms with Gasteiger partial charge < -0.3 is 0 Å². The summed E-state index contributed by atoms with van der Waals surface area (Å²) in [6.07, 6.45) is 3.78. The molecule has 0 amide bonds. The number of aromatic nitrogens is 2. The molecular weight excluding hydrogens is 179 g/mol. The first-order valence-electron chi connectivity index (χ1n) is 3.86. The number of unbranched alkanes of at least 4 members (excludes halogenated alkanes) is 1. The fourth-order valence-corrected chi connectivity index (χ4v) is 1.07. The van der Waals surface area contributed by atoms with E-state index in [0.717, 1.165) is 18.5 Å². The molecule has 0 aliphatic rings. The fourth-order valence-electron chi connectivity index (χ4n) is 0.909. The van der Waals surface area contributed by atoms with Gasteiger partial charge in [-0.15, -0.1) is 0 Å². The summed E-state index contributed by atoms with van der Waals surface area (Å²) in [5.41, 5.74) is 0.878. The Hall–Kier alpha value is -0.700. The molecule has 0 saturated heterocycles. The average molecular weight is 189 g/mol. The second kappa shape index (κ2) is 5.04. The van der Waals surface area contributed by atoms with Crippen molar-refractivity contribution in [2.75, 3.05) is 6.67 Å². The van der Waals surface area contributed by atoms with E-state index in [1.54, 1.807) is 12.3 Å². The quantitative estimate of drug-likeness (QED) is 0.536. The third-order valence-corrected chi connectivity index (χ3v) is 1.68. The summed E-state index contributed by atoms with van der Waals surface area (Å²) in [4.78, 5) is 7.73. The maximum Gasteiger partial charge on any atom is 0.222 e. The Morgan fingerprint density at radius 3 is 2.92 bits per heavy atom. The largest absolute Gasteiger partial charge is 0.251 e. The monoisotopic (exact) mass is 188 g/mol. The van der Waals surface area contributed by atoms with Crippen molar-refractivity contribution in [1.82, 2.24) is 9.97 Å². The highest BCUT2D eigenvalue weighted by Gasteiger charge is 1.96. The lowest BCUT2D eigenvalue weighted by Gasteiger charge is -1.97. The molecule has 1 aromatic heterocycles. The van der Waals surface area contributed by atoms with E-state index in [2.05, 4.69) is 9.97 Å². The van der Waals surface area contributed by atoms with Crippen molar-refractivity contribution in [2.24, 2.45) is 0 Å². The summed E-state index contributed by atoms with van der Waals surface area (Å²) < 4.78 is 11.7. The Morgan fingerprint density at radius 2 is 2.25 bits per heavy atom. The molecule has 0 N–H and O–H groups in total. The van der Waals surface area contributed by atoms with Gasteiger partial charge >= 0.3 is 0 Å². The van der Waals surface area contributed by atoms with E-state index in [1.807, 2.05) is 0 Å². The summed E-state index contributed by atoms with van der Waals surface area (Å²) in [5.74, 6) is 0. The van der Waals surface area contributed by atoms with Crippen LogP contribution in [0.15, 0.2) is 12.3 Å². The minimum atomic E-state index is -0.265. The van der Waals surface area contributed by atoms with Crippen LogP contribution in [0.2, 0.25) is 5.28 Å². The average Bonchev–Trinajstić information content (AvgIpc) is 2.05. The van der Waals surface area contributed by atoms with E-state index in [-0.39, 0.29) is 12.0 Å². The van der Waals surface area contributed by atoms with Crippen molar-refractivity contribution in [3.63, 3.8) is 0 Å². The molecule has 0 spiro atoms. The molecule has 0 unspecified atom stereocenters. The Bertz CT molecular complexity index is 242. The molecular formula is C8H10ClFN2. The highest BCUT2D eigenvalue weighted by molar-refractivity contribution is 6.28. The molecule has 0 atom stereocenters. The molecule has 0 saturated carbocycles. The van der Waals surface area contributed by atoms with Crippen LogP contribution >= 0.6 is 11.6 Å². The standard InChI is InChI=1S/C8H10ClFN2/c9-8-11-6-4-7(12-8)3-1-2-5-10/h4,6H,1-3,5H2. The van der Waals surface area contributed by atoms with E-state index < -0.39 is 0 Å². The molecule has 1 aromatic rings. The highest BCUT2D eigenvalue weighted by atomic mass is 35.5. The van der Waals surface area contributed by atoms with Crippen LogP contribution in [0.5, 0.6) is 0 Å². The van der Waals surface area contributed by atoms with Crippen molar-refractivity contribution in [2.45, 2.75) is 19.3 Å². The zero-order valence-electron chi connectivity index (χ0n) is 6.63. The molecule has 66 valence electrons. The lowest BCUT2D eigenvalue weighted by atomic mass is 10.2. The Morgan fingerprint density at radius 1 is 1.42 bits per heavy atom. The molecule has 0 fully saturated rings. The zero-order chi connectivity index (χ0) is 8.81. The molecule has 1 rings (SSSR count). The summed E-state index contributed by atoms with van der Waals surface area (Å²) in [6.45, 7) is -0.265. The second-order valence-electron chi connectivity index (χ2n) is 2.46. The number of hydrogen-bond acceptors (Lipinski definition) is 2. The minimum Gasteiger partial charge on any atom is -0.251 e. The van der Waals surface area contributed by atoms with Crippen molar-refractivity contribution < 1.29 is 4.39 Å². The molecule has 0 aliphatic carbocycles. The van der Waals surface area contributed by atoms with Crippen LogP contribution in [0.3, 0.4) is 0 Å². The molecule has 0 aromatic carbocycles. The molecule has 4 heteroatoms. The molecule has 1 heterocycles. The third kappa shape index (κ3) is 3.13. The number of alkyl halides is 1. The topological polar surface area (TPSA) is 25.8 Å². The summed E-state index contributed by atoms with van der Waals surface area (Å²) in [7, 11) is 0. The summed E-state index contributed by atoms with van der Waals surface area (Å²) >= 11 is 5.56. The Kier molecular flexibility index (Phi) is 3.94. The zero-order valence-corrected chi connectivity index (χ0v) is 7.39. The van der Waals surface area contributed by atoms with Gasteiger partial charge in [-0.2, -0.15) is 0 Å². The predicted molar refractivity (Wildman–Crippen MR) is 46.0 cm³/mol. The molecule has 0 aliphatic heterocycles. The number of nitrogens with zero attached hydrogens (tertiary/aromatic N) is 2. The van der Waals surface area contributed by atoms with Crippen LogP contribution in [-0.4, -0.2) is 16.6 Å².